The molecule has 0 saturated heterocycles. The van der Waals surface area contributed by atoms with E-state index in [-0.39, 0.29) is 11.7 Å². The van der Waals surface area contributed by atoms with Crippen LogP contribution >= 0.6 is 34.7 Å². The van der Waals surface area contributed by atoms with Crippen molar-refractivity contribution in [2.75, 3.05) is 5.32 Å². The summed E-state index contributed by atoms with van der Waals surface area (Å²) >= 11 is 8.90. The van der Waals surface area contributed by atoms with E-state index in [1.165, 1.54) is 11.8 Å². The zero-order chi connectivity index (χ0) is 30.3. The molecule has 0 aliphatic carbocycles. The van der Waals surface area contributed by atoms with Crippen LogP contribution in [0.3, 0.4) is 0 Å². The lowest BCUT2D eigenvalue weighted by molar-refractivity contribution is -0.115. The van der Waals surface area contributed by atoms with Gasteiger partial charge in [0, 0.05) is 32.3 Å². The van der Waals surface area contributed by atoms with Gasteiger partial charge in [0.1, 0.15) is 11.1 Å². The number of amides is 1. The molecule has 8 heteroatoms. The lowest BCUT2D eigenvalue weighted by Gasteiger charge is -2.16. The molecule has 0 fully saturated rings. The minimum atomic E-state index is -0.569. The number of nitriles is 1. The van der Waals surface area contributed by atoms with Gasteiger partial charge in [-0.1, -0.05) is 71.4 Å². The molecule has 0 bridgehead atoms. The van der Waals surface area contributed by atoms with Gasteiger partial charge in [-0.25, -0.2) is 4.98 Å². The number of allylic oxidation sites excluding steroid dienone is 1. The monoisotopic (exact) mass is 619 g/mol. The fourth-order valence-corrected chi connectivity index (χ4v) is 6.02. The quantitative estimate of drug-likeness (QED) is 0.101. The van der Waals surface area contributed by atoms with Crippen LogP contribution in [0, 0.1) is 18.3 Å². The summed E-state index contributed by atoms with van der Waals surface area (Å²) in [7, 11) is 0. The molecule has 0 aliphatic rings. The Kier molecular flexibility index (Phi) is 9.53. The second kappa shape index (κ2) is 13.7. The summed E-state index contributed by atoms with van der Waals surface area (Å²) in [6, 6.07) is 30.2. The average molecular weight is 620 g/mol. The number of thioether (sulfide) groups is 1. The number of hydrogen-bond acceptors (Lipinski definition) is 6. The van der Waals surface area contributed by atoms with Crippen LogP contribution in [0.5, 0.6) is 0 Å². The Labute approximate surface area is 263 Å². The van der Waals surface area contributed by atoms with Gasteiger partial charge in [-0.2, -0.15) is 5.26 Å². The number of carbonyl (C=O) groups excluding carboxylic acids is 2. The predicted molar refractivity (Wildman–Crippen MR) is 178 cm³/mol. The molecule has 0 spiro atoms. The van der Waals surface area contributed by atoms with E-state index in [4.69, 9.17) is 16.6 Å². The standard InChI is InChI=1S/C35H26ClN3O2S2/c1-22-5-3-6-26(19-22)30-20-32(24-8-12-27(36)13-9-24)39-35(31(30)21-37)43-23(2)34(41)38-28-14-10-25(11-15-28)33(40)17-16-29-7-4-18-42-29/h3-20,23H,1-2H3,(H,38,41). The van der Waals surface area contributed by atoms with Crippen LogP contribution in [-0.4, -0.2) is 21.9 Å². The van der Waals surface area contributed by atoms with Crippen LogP contribution in [0.4, 0.5) is 5.69 Å². The first-order chi connectivity index (χ1) is 20.8. The van der Waals surface area contributed by atoms with Crippen LogP contribution < -0.4 is 5.32 Å². The molecule has 0 radical (unpaired) electrons. The number of pyridine rings is 1. The number of halogens is 1. The molecule has 1 amide bonds. The summed E-state index contributed by atoms with van der Waals surface area (Å²) in [5.74, 6) is -0.364. The largest absolute Gasteiger partial charge is 0.325 e. The summed E-state index contributed by atoms with van der Waals surface area (Å²) < 4.78 is 0. The van der Waals surface area contributed by atoms with Gasteiger partial charge in [0.15, 0.2) is 5.78 Å². The van der Waals surface area contributed by atoms with Crippen molar-refractivity contribution < 1.29 is 9.59 Å². The lowest BCUT2D eigenvalue weighted by atomic mass is 9.98. The highest BCUT2D eigenvalue weighted by atomic mass is 35.5. The molecule has 0 saturated carbocycles. The summed E-state index contributed by atoms with van der Waals surface area (Å²) in [5, 5.41) is 15.6. The minimum absolute atomic E-state index is 0.115. The van der Waals surface area contributed by atoms with Gasteiger partial charge >= 0.3 is 0 Å². The number of nitrogens with one attached hydrogen (secondary N) is 1. The molecule has 212 valence electrons. The van der Waals surface area contributed by atoms with Gasteiger partial charge < -0.3 is 5.32 Å². The summed E-state index contributed by atoms with van der Waals surface area (Å²) in [6.45, 7) is 3.78. The molecule has 5 rings (SSSR count). The third-order valence-corrected chi connectivity index (χ3v) is 8.78. The van der Waals surface area contributed by atoms with E-state index < -0.39 is 5.25 Å². The van der Waals surface area contributed by atoms with Crippen molar-refractivity contribution in [2.45, 2.75) is 24.1 Å². The first-order valence-corrected chi connectivity index (χ1v) is 15.6. The molecule has 5 aromatic rings. The van der Waals surface area contributed by atoms with E-state index in [1.54, 1.807) is 66.8 Å². The van der Waals surface area contributed by atoms with Crippen LogP contribution in [0.15, 0.2) is 107 Å². The molecule has 0 aliphatic heterocycles. The number of rotatable bonds is 9. The molecular weight excluding hydrogens is 594 g/mol. The van der Waals surface area contributed by atoms with Gasteiger partial charge in [-0.15, -0.1) is 11.3 Å². The highest BCUT2D eigenvalue weighted by Crippen LogP contribution is 2.36. The molecule has 2 aromatic heterocycles. The Bertz CT molecular complexity index is 1840. The van der Waals surface area contributed by atoms with E-state index in [1.807, 2.05) is 66.9 Å². The highest BCUT2D eigenvalue weighted by Gasteiger charge is 2.22. The molecular formula is C35H26ClN3O2S2. The van der Waals surface area contributed by atoms with Crippen LogP contribution in [-0.2, 0) is 4.79 Å². The Morgan fingerprint density at radius 3 is 2.44 bits per heavy atom. The van der Waals surface area contributed by atoms with E-state index in [2.05, 4.69) is 11.4 Å². The topological polar surface area (TPSA) is 82.8 Å². The number of carbonyl (C=O) groups is 2. The highest BCUT2D eigenvalue weighted by molar-refractivity contribution is 8.00. The van der Waals surface area contributed by atoms with Crippen molar-refractivity contribution in [1.82, 2.24) is 4.98 Å². The Morgan fingerprint density at radius 2 is 1.77 bits per heavy atom. The van der Waals surface area contributed by atoms with Crippen LogP contribution in [0.25, 0.3) is 28.5 Å². The number of ketones is 1. The van der Waals surface area contributed by atoms with Crippen molar-refractivity contribution in [3.63, 3.8) is 0 Å². The zero-order valence-electron chi connectivity index (χ0n) is 23.4. The number of benzene rings is 3. The van der Waals surface area contributed by atoms with E-state index in [0.717, 1.165) is 27.1 Å². The van der Waals surface area contributed by atoms with Crippen molar-refractivity contribution in [2.24, 2.45) is 0 Å². The number of aromatic nitrogens is 1. The molecule has 2 heterocycles. The summed E-state index contributed by atoms with van der Waals surface area (Å²) in [5.41, 5.74) is 5.74. The van der Waals surface area contributed by atoms with E-state index in [9.17, 15) is 14.9 Å². The molecule has 1 N–H and O–H groups in total. The third kappa shape index (κ3) is 7.49. The number of hydrogen-bond donors (Lipinski definition) is 1. The summed E-state index contributed by atoms with van der Waals surface area (Å²) in [6.07, 6.45) is 3.33. The zero-order valence-corrected chi connectivity index (χ0v) is 25.8. The maximum Gasteiger partial charge on any atom is 0.237 e. The van der Waals surface area contributed by atoms with E-state index in [0.29, 0.717) is 32.6 Å². The second-order valence-corrected chi connectivity index (χ2v) is 12.5. The third-order valence-electron chi connectivity index (χ3n) is 6.60. The van der Waals surface area contributed by atoms with E-state index >= 15 is 0 Å². The SMILES string of the molecule is Cc1cccc(-c2cc(-c3ccc(Cl)cc3)nc(SC(C)C(=O)Nc3ccc(C(=O)C=Cc4cccs4)cc3)c2C#N)c1. The fraction of sp³-hybridized carbons (Fsp3) is 0.0857. The van der Waals surface area contributed by atoms with Gasteiger partial charge in [0.05, 0.1) is 16.5 Å². The van der Waals surface area contributed by atoms with Crippen molar-refractivity contribution in [3.05, 3.63) is 129 Å². The average Bonchev–Trinajstić information content (AvgIpc) is 3.54. The normalized spacial score (nSPS) is 11.7. The van der Waals surface area contributed by atoms with Gasteiger partial charge in [-0.3, -0.25) is 9.59 Å². The Morgan fingerprint density at radius 1 is 1.00 bits per heavy atom. The van der Waals surface area contributed by atoms with Crippen molar-refractivity contribution >= 4 is 58.2 Å². The number of nitrogens with zero attached hydrogens (tertiary/aromatic N) is 2. The lowest BCUT2D eigenvalue weighted by Crippen LogP contribution is -2.22. The second-order valence-electron chi connectivity index (χ2n) is 9.76. The van der Waals surface area contributed by atoms with Crippen LogP contribution in [0.1, 0.15) is 33.3 Å². The van der Waals surface area contributed by atoms with Crippen molar-refractivity contribution in [1.29, 1.82) is 5.26 Å². The smallest absolute Gasteiger partial charge is 0.237 e. The Balaban J connectivity index is 1.37. The molecule has 5 nitrogen and oxygen atoms in total. The van der Waals surface area contributed by atoms with Gasteiger partial charge in [-0.05, 0) is 85.5 Å². The maximum absolute atomic E-state index is 13.2. The fourth-order valence-electron chi connectivity index (χ4n) is 4.35. The maximum atomic E-state index is 13.2. The molecule has 1 unspecified atom stereocenters. The van der Waals surface area contributed by atoms with Gasteiger partial charge in [0.25, 0.3) is 0 Å². The minimum Gasteiger partial charge on any atom is -0.325 e. The number of aryl methyl sites for hydroxylation is 1. The van der Waals surface area contributed by atoms with Crippen molar-refractivity contribution in [3.8, 4) is 28.5 Å². The van der Waals surface area contributed by atoms with Gasteiger partial charge in [0.2, 0.25) is 5.91 Å². The number of anilines is 1. The number of thiophene rings is 1. The Hall–Kier alpha value is -4.48. The molecule has 3 aromatic carbocycles. The molecule has 43 heavy (non-hydrogen) atoms. The first-order valence-electron chi connectivity index (χ1n) is 13.4. The summed E-state index contributed by atoms with van der Waals surface area (Å²) in [4.78, 5) is 31.6. The predicted octanol–water partition coefficient (Wildman–Crippen LogP) is 9.33. The molecule has 1 atom stereocenters. The first kappa shape index (κ1) is 30.0. The van der Waals surface area contributed by atoms with Crippen LogP contribution in [0.2, 0.25) is 5.02 Å².